The Morgan fingerprint density at radius 3 is 2.13 bits per heavy atom. The van der Waals surface area contributed by atoms with Crippen LogP contribution in [0, 0.1) is 0 Å². The summed E-state index contributed by atoms with van der Waals surface area (Å²) in [7, 11) is 0. The molecule has 1 aromatic rings. The fourth-order valence-electron chi connectivity index (χ4n) is 1.69. The summed E-state index contributed by atoms with van der Waals surface area (Å²) in [4.78, 5) is 11.5. The highest BCUT2D eigenvalue weighted by molar-refractivity contribution is 9.46. The molecule has 1 aromatic carbocycles. The molecule has 0 bridgehead atoms. The van der Waals surface area contributed by atoms with Gasteiger partial charge in [0.15, 0.2) is 5.44 Å². The number of carbonyl (C=O) groups excluding carboxylic acids is 1. The number of benzene rings is 1. The van der Waals surface area contributed by atoms with Gasteiger partial charge >= 0.3 is 5.97 Å². The van der Waals surface area contributed by atoms with E-state index in [1.807, 2.05) is 6.07 Å². The number of hydrogen-bond acceptors (Lipinski definition) is 12. The summed E-state index contributed by atoms with van der Waals surface area (Å²) in [6.45, 7) is 0.793. The predicted molar refractivity (Wildman–Crippen MR) is 152 cm³/mol. The number of esters is 1. The summed E-state index contributed by atoms with van der Waals surface area (Å²) in [6, 6.07) is 8.93. The molecule has 0 saturated heterocycles. The predicted octanol–water partition coefficient (Wildman–Crippen LogP) is 1.61. The highest BCUT2D eigenvalue weighted by Gasteiger charge is 2.31. The van der Waals surface area contributed by atoms with Crippen LogP contribution in [0.1, 0.15) is 6.92 Å². The lowest BCUT2D eigenvalue weighted by Gasteiger charge is -2.28. The van der Waals surface area contributed by atoms with Gasteiger partial charge in [-0.15, -0.1) is 0 Å². The van der Waals surface area contributed by atoms with Crippen LogP contribution >= 0.6 is 23.9 Å². The number of aliphatic hydroxyl groups excluding tert-OH is 1. The summed E-state index contributed by atoms with van der Waals surface area (Å²) in [5, 5.41) is 4.87. The maximum absolute atomic E-state index is 11.4. The van der Waals surface area contributed by atoms with Crippen molar-refractivity contribution >= 4 is 118 Å². The van der Waals surface area contributed by atoms with E-state index in [2.05, 4.69) is 11.7 Å². The Labute approximate surface area is 214 Å². The Morgan fingerprint density at radius 2 is 1.63 bits per heavy atom. The Morgan fingerprint density at radius 1 is 1.07 bits per heavy atom. The third-order valence-corrected chi connectivity index (χ3v) is 43.2. The highest BCUT2D eigenvalue weighted by Crippen LogP contribution is 2.26. The molecule has 1 N–H and O–H groups in total. The minimum atomic E-state index is -2.72. The van der Waals surface area contributed by atoms with E-state index in [0.29, 0.717) is 5.75 Å². The molecule has 0 heterocycles. The third-order valence-electron chi connectivity index (χ3n) is 3.16. The Bertz CT molecular complexity index is 1060. The van der Waals surface area contributed by atoms with E-state index in [4.69, 9.17) is 93.6 Å². The lowest BCUT2D eigenvalue weighted by molar-refractivity contribution is -0.139. The quantitative estimate of drug-likeness (QED) is 0.155. The Hall–Kier alpha value is 1.22. The molecule has 0 spiro atoms. The van der Waals surface area contributed by atoms with Gasteiger partial charge in [-0.25, -0.2) is 4.79 Å². The first-order valence-electron chi connectivity index (χ1n) is 7.81. The van der Waals surface area contributed by atoms with Gasteiger partial charge < -0.3 is 19.3 Å². The molecule has 0 aromatic heterocycles. The number of thiol groups is 1. The number of hydrogen-bond donors (Lipinski definition) is 2. The maximum Gasteiger partial charge on any atom is 0.344 e. The van der Waals surface area contributed by atoms with Crippen LogP contribution < -0.4 is 4.74 Å². The van der Waals surface area contributed by atoms with Gasteiger partial charge in [0.05, 0.1) is 11.5 Å². The number of rotatable bonds is 12. The van der Waals surface area contributed by atoms with Crippen LogP contribution in [0.2, 0.25) is 0 Å². The van der Waals surface area contributed by atoms with Crippen LogP contribution in [0.25, 0.3) is 0 Å². The largest absolute Gasteiger partial charge is 0.490 e. The summed E-state index contributed by atoms with van der Waals surface area (Å²) in [6.07, 6.45) is -3.87. The summed E-state index contributed by atoms with van der Waals surface area (Å²) >= 11 is 41.8. The van der Waals surface area contributed by atoms with Gasteiger partial charge in [0.2, 0.25) is 0 Å². The van der Waals surface area contributed by atoms with E-state index in [1.165, 1.54) is 6.92 Å². The number of carbonyl (C=O) groups is 1. The molecule has 0 aliphatic carbocycles. The van der Waals surface area contributed by atoms with Crippen molar-refractivity contribution in [3.8, 4) is 5.75 Å². The van der Waals surface area contributed by atoms with Crippen molar-refractivity contribution in [2.45, 2.75) is 18.5 Å². The zero-order valence-corrected chi connectivity index (χ0v) is 24.3. The molecular formula is C14H18O5S11. The third kappa shape index (κ3) is 8.53. The smallest absolute Gasteiger partial charge is 0.344 e. The van der Waals surface area contributed by atoms with Gasteiger partial charge in [-0.05, 0) is 86.2 Å². The zero-order valence-electron chi connectivity index (χ0n) is 15.3. The van der Waals surface area contributed by atoms with Gasteiger partial charge in [-0.2, -0.15) is 0 Å². The molecule has 0 amide bonds. The van der Waals surface area contributed by atoms with Crippen LogP contribution in [-0.2, 0) is 98.0 Å². The van der Waals surface area contributed by atoms with Gasteiger partial charge in [-0.3, -0.25) is 0 Å². The molecular weight excluding hydrogens is 601 g/mol. The number of aliphatic hydroxyl groups is 1. The number of para-hydroxylation sites is 1. The van der Waals surface area contributed by atoms with Crippen molar-refractivity contribution in [3.63, 3.8) is 0 Å². The molecule has 30 heavy (non-hydrogen) atoms. The summed E-state index contributed by atoms with van der Waals surface area (Å²) in [5.74, 6) is -0.132. The molecule has 16 heteroatoms. The molecule has 0 fully saturated rings. The summed E-state index contributed by atoms with van der Waals surface area (Å²) in [5.41, 5.74) is -0.921. The second kappa shape index (κ2) is 12.6. The standard InChI is InChI=1S/C14H18O5S11/c1-10(20)14(16)19-8-11(15)7-18-13(9-17-12-5-3-2-4-6-12)28(21,22)30(26,27)29(23,24)25/h2-6,11,13,15H,7-9H2,1H3,(H,23,24,25). The van der Waals surface area contributed by atoms with Gasteiger partial charge in [0.25, 0.3) is 0 Å². The lowest BCUT2D eigenvalue weighted by atomic mass is 10.3. The van der Waals surface area contributed by atoms with Crippen LogP contribution in [0.15, 0.2) is 30.3 Å². The number of ether oxygens (including phenoxy) is 3. The second-order valence-electron chi connectivity index (χ2n) is 5.52. The lowest BCUT2D eigenvalue weighted by Crippen LogP contribution is -2.37. The van der Waals surface area contributed by atoms with Crippen LogP contribution in [0.4, 0.5) is 0 Å². The van der Waals surface area contributed by atoms with E-state index < -0.39 is 34.1 Å². The van der Waals surface area contributed by atoms with Crippen molar-refractivity contribution < 1.29 is 24.1 Å². The van der Waals surface area contributed by atoms with E-state index in [9.17, 15) is 9.90 Å². The van der Waals surface area contributed by atoms with E-state index in [0.717, 1.165) is 0 Å². The van der Waals surface area contributed by atoms with Crippen molar-refractivity contribution in [1.29, 1.82) is 0 Å². The van der Waals surface area contributed by atoms with Crippen molar-refractivity contribution in [1.82, 2.24) is 0 Å². The fourth-order valence-corrected chi connectivity index (χ4v) is 27.6. The summed E-state index contributed by atoms with van der Waals surface area (Å²) < 4.78 is 16.4. The molecule has 0 aliphatic rings. The van der Waals surface area contributed by atoms with Gasteiger partial charge in [0, 0.05) is 16.6 Å². The molecule has 170 valence electrons. The first kappa shape index (κ1) is 29.3. The normalized spacial score (nSPS) is 14.5. The zero-order chi connectivity index (χ0) is 23.2. The average Bonchev–Trinajstić information content (AvgIpc) is 2.65. The van der Waals surface area contributed by atoms with Gasteiger partial charge in [0.1, 0.15) is 25.1 Å². The topological polar surface area (TPSA) is 65.0 Å². The minimum Gasteiger partial charge on any atom is -0.490 e. The van der Waals surface area contributed by atoms with Crippen LogP contribution in [-0.4, -0.2) is 47.3 Å². The minimum absolute atomic E-state index is 0.0476. The second-order valence-corrected chi connectivity index (χ2v) is 36.0. The Balaban J connectivity index is 3.01. The molecule has 2 unspecified atom stereocenters. The average molecular weight is 619 g/mol. The SMILES string of the molecule is CC(=S)C(=O)OCC(O)COC(COc1ccccc1)S(=S)(=S)S(=S)(=S)S(=S)(=S)S. The van der Waals surface area contributed by atoms with Crippen molar-refractivity contribution in [2.75, 3.05) is 19.8 Å². The van der Waals surface area contributed by atoms with Gasteiger partial charge in [-0.1, -0.05) is 42.1 Å². The fraction of sp³-hybridized carbons (Fsp3) is 0.429. The monoisotopic (exact) mass is 618 g/mol. The van der Waals surface area contributed by atoms with E-state index in [1.54, 1.807) is 24.3 Å². The van der Waals surface area contributed by atoms with Crippen LogP contribution in [0.3, 0.4) is 0 Å². The maximum atomic E-state index is 11.4. The first-order valence-corrected chi connectivity index (χ1v) is 20.8. The van der Waals surface area contributed by atoms with Crippen molar-refractivity contribution in [2.24, 2.45) is 0 Å². The number of thiocarbonyl (C=S) groups is 1. The van der Waals surface area contributed by atoms with Crippen LogP contribution in [0.5, 0.6) is 5.75 Å². The molecule has 0 radical (unpaired) electrons. The molecule has 0 saturated carbocycles. The van der Waals surface area contributed by atoms with E-state index in [-0.39, 0.29) is 24.7 Å². The van der Waals surface area contributed by atoms with E-state index >= 15 is 0 Å². The highest BCUT2D eigenvalue weighted by atomic mass is 34.1. The molecule has 0 aliphatic heterocycles. The first-order chi connectivity index (χ1) is 13.7. The Kier molecular flexibility index (Phi) is 12.3. The molecule has 5 nitrogen and oxygen atoms in total. The molecule has 1 rings (SSSR count). The molecule has 2 atom stereocenters. The van der Waals surface area contributed by atoms with Crippen molar-refractivity contribution in [3.05, 3.63) is 30.3 Å².